The van der Waals surface area contributed by atoms with Crippen LogP contribution in [0.1, 0.15) is 37.8 Å². The Morgan fingerprint density at radius 2 is 1.92 bits per heavy atom. The predicted octanol–water partition coefficient (Wildman–Crippen LogP) is 2.95. The number of carbonyl (C=O) groups excluding carboxylic acids is 3. The molecular weight excluding hydrogens is 340 g/mol. The highest BCUT2D eigenvalue weighted by Gasteiger charge is 2.12. The van der Waals surface area contributed by atoms with Crippen LogP contribution in [-0.4, -0.2) is 36.3 Å². The van der Waals surface area contributed by atoms with Crippen molar-refractivity contribution >= 4 is 29.7 Å². The molecule has 7 heteroatoms. The maximum Gasteiger partial charge on any atom is 0.321 e. The smallest absolute Gasteiger partial charge is 0.321 e. The number of benzene rings is 1. The van der Waals surface area contributed by atoms with Crippen LogP contribution in [-0.2, 0) is 14.3 Å². The second kappa shape index (κ2) is 10.8. The molecule has 0 spiro atoms. The van der Waals surface area contributed by atoms with Crippen molar-refractivity contribution in [3.05, 3.63) is 29.3 Å². The number of rotatable bonds is 8. The molecule has 0 bridgehead atoms. The number of nitrogens with one attached hydrogen (secondary N) is 2. The van der Waals surface area contributed by atoms with Crippen molar-refractivity contribution in [1.82, 2.24) is 10.6 Å². The zero-order valence-electron chi connectivity index (χ0n) is 15.2. The first kappa shape index (κ1) is 21.0. The molecule has 0 saturated carbocycles. The standard InChI is InChI=1S/C18H26N2O4S/c1-5-14(4)19-18(23)20-16(21)11-24-17(22)8-9-25-15-7-6-12(2)13(3)10-15/h6-7,10,14H,5,8-9,11H2,1-4H3,(H2,19,20,21,23)/t14-/m0/s1. The van der Waals surface area contributed by atoms with Gasteiger partial charge in [0.2, 0.25) is 0 Å². The fourth-order valence-corrected chi connectivity index (χ4v) is 2.73. The number of carbonyl (C=O) groups is 3. The van der Waals surface area contributed by atoms with Crippen LogP contribution in [0.25, 0.3) is 0 Å². The molecule has 1 atom stereocenters. The van der Waals surface area contributed by atoms with Crippen LogP contribution in [0, 0.1) is 13.8 Å². The largest absolute Gasteiger partial charge is 0.456 e. The van der Waals surface area contributed by atoms with E-state index < -0.39 is 24.5 Å². The maximum atomic E-state index is 11.7. The first-order valence-electron chi connectivity index (χ1n) is 8.27. The molecule has 0 aliphatic rings. The summed E-state index contributed by atoms with van der Waals surface area (Å²) in [5.41, 5.74) is 2.44. The summed E-state index contributed by atoms with van der Waals surface area (Å²) in [7, 11) is 0. The lowest BCUT2D eigenvalue weighted by atomic mass is 10.1. The number of urea groups is 1. The molecule has 0 saturated heterocycles. The van der Waals surface area contributed by atoms with Gasteiger partial charge in [0.1, 0.15) is 0 Å². The van der Waals surface area contributed by atoms with E-state index in [0.717, 1.165) is 11.3 Å². The van der Waals surface area contributed by atoms with Gasteiger partial charge in [-0.15, -0.1) is 11.8 Å². The van der Waals surface area contributed by atoms with Crippen molar-refractivity contribution < 1.29 is 19.1 Å². The van der Waals surface area contributed by atoms with Gasteiger partial charge in [-0.25, -0.2) is 4.79 Å². The Hall–Kier alpha value is -2.02. The highest BCUT2D eigenvalue weighted by atomic mass is 32.2. The van der Waals surface area contributed by atoms with Crippen molar-refractivity contribution in [3.8, 4) is 0 Å². The van der Waals surface area contributed by atoms with Crippen molar-refractivity contribution in [2.45, 2.75) is 51.5 Å². The number of ether oxygens (including phenoxy) is 1. The number of imide groups is 1. The molecule has 25 heavy (non-hydrogen) atoms. The lowest BCUT2D eigenvalue weighted by molar-refractivity contribution is -0.147. The summed E-state index contributed by atoms with van der Waals surface area (Å²) in [4.78, 5) is 35.7. The van der Waals surface area contributed by atoms with E-state index in [0.29, 0.717) is 5.75 Å². The molecule has 0 aliphatic carbocycles. The minimum atomic E-state index is -0.643. The molecule has 6 nitrogen and oxygen atoms in total. The van der Waals surface area contributed by atoms with Gasteiger partial charge in [0.15, 0.2) is 6.61 Å². The molecule has 0 heterocycles. The first-order valence-corrected chi connectivity index (χ1v) is 9.26. The van der Waals surface area contributed by atoms with Gasteiger partial charge in [0.05, 0.1) is 6.42 Å². The van der Waals surface area contributed by atoms with Gasteiger partial charge in [-0.1, -0.05) is 13.0 Å². The van der Waals surface area contributed by atoms with E-state index in [-0.39, 0.29) is 12.5 Å². The van der Waals surface area contributed by atoms with Gasteiger partial charge in [-0.2, -0.15) is 0 Å². The fourth-order valence-electron chi connectivity index (χ4n) is 1.80. The second-order valence-electron chi connectivity index (χ2n) is 5.84. The van der Waals surface area contributed by atoms with Crippen molar-refractivity contribution in [2.75, 3.05) is 12.4 Å². The maximum absolute atomic E-state index is 11.7. The molecule has 2 N–H and O–H groups in total. The zero-order valence-corrected chi connectivity index (χ0v) is 16.0. The Balaban J connectivity index is 2.22. The highest BCUT2D eigenvalue weighted by Crippen LogP contribution is 2.21. The van der Waals surface area contributed by atoms with E-state index in [4.69, 9.17) is 4.74 Å². The summed E-state index contributed by atoms with van der Waals surface area (Å²) < 4.78 is 4.87. The lowest BCUT2D eigenvalue weighted by Crippen LogP contribution is -2.44. The van der Waals surface area contributed by atoms with E-state index in [1.807, 2.05) is 32.9 Å². The molecule has 138 valence electrons. The summed E-state index contributed by atoms with van der Waals surface area (Å²) in [6.45, 7) is 7.39. The molecule has 1 rings (SSSR count). The van der Waals surface area contributed by atoms with E-state index in [9.17, 15) is 14.4 Å². The number of aryl methyl sites for hydroxylation is 2. The van der Waals surface area contributed by atoms with Crippen LogP contribution < -0.4 is 10.6 Å². The van der Waals surface area contributed by atoms with Crippen molar-refractivity contribution in [2.24, 2.45) is 0 Å². The Labute approximate surface area is 153 Å². The summed E-state index contributed by atoms with van der Waals surface area (Å²) in [5, 5.41) is 4.72. The van der Waals surface area contributed by atoms with Crippen LogP contribution in [0.15, 0.2) is 23.1 Å². The average Bonchev–Trinajstić information content (AvgIpc) is 2.56. The summed E-state index contributed by atoms with van der Waals surface area (Å²) >= 11 is 1.56. The molecule has 0 aromatic heterocycles. The third-order valence-corrected chi connectivity index (χ3v) is 4.66. The fraction of sp³-hybridized carbons (Fsp3) is 0.500. The number of thioether (sulfide) groups is 1. The third-order valence-electron chi connectivity index (χ3n) is 3.66. The molecule has 0 fully saturated rings. The molecule has 0 unspecified atom stereocenters. The molecule has 0 aliphatic heterocycles. The molecule has 0 radical (unpaired) electrons. The van der Waals surface area contributed by atoms with Gasteiger partial charge >= 0.3 is 12.0 Å². The quantitative estimate of drug-likeness (QED) is 0.546. The minimum absolute atomic E-state index is 0.0298. The van der Waals surface area contributed by atoms with Crippen LogP contribution in [0.4, 0.5) is 4.79 Å². The highest BCUT2D eigenvalue weighted by molar-refractivity contribution is 7.99. The Bertz CT molecular complexity index is 619. The predicted molar refractivity (Wildman–Crippen MR) is 98.6 cm³/mol. The van der Waals surface area contributed by atoms with Crippen LogP contribution >= 0.6 is 11.8 Å². The zero-order chi connectivity index (χ0) is 18.8. The third kappa shape index (κ3) is 8.58. The first-order chi connectivity index (χ1) is 11.8. The van der Waals surface area contributed by atoms with Crippen molar-refractivity contribution in [3.63, 3.8) is 0 Å². The van der Waals surface area contributed by atoms with Crippen LogP contribution in [0.2, 0.25) is 0 Å². The molecule has 1 aromatic carbocycles. The lowest BCUT2D eigenvalue weighted by Gasteiger charge is -2.11. The SMILES string of the molecule is CC[C@H](C)NC(=O)NC(=O)COC(=O)CCSc1ccc(C)c(C)c1. The Morgan fingerprint density at radius 1 is 1.20 bits per heavy atom. The molecule has 3 amide bonds. The van der Waals surface area contributed by atoms with Crippen LogP contribution in [0.3, 0.4) is 0 Å². The van der Waals surface area contributed by atoms with E-state index in [1.54, 1.807) is 11.8 Å². The topological polar surface area (TPSA) is 84.5 Å². The van der Waals surface area contributed by atoms with E-state index >= 15 is 0 Å². The summed E-state index contributed by atoms with van der Waals surface area (Å²) in [6.07, 6.45) is 0.957. The minimum Gasteiger partial charge on any atom is -0.456 e. The van der Waals surface area contributed by atoms with Gasteiger partial charge in [0, 0.05) is 16.7 Å². The monoisotopic (exact) mass is 366 g/mol. The molecule has 1 aromatic rings. The second-order valence-corrected chi connectivity index (χ2v) is 7.00. The Morgan fingerprint density at radius 3 is 2.56 bits per heavy atom. The number of hydrogen-bond donors (Lipinski definition) is 2. The number of esters is 1. The van der Waals surface area contributed by atoms with Gasteiger partial charge in [0.25, 0.3) is 5.91 Å². The summed E-state index contributed by atoms with van der Waals surface area (Å²) in [6, 6.07) is 5.53. The normalized spacial score (nSPS) is 11.5. The summed E-state index contributed by atoms with van der Waals surface area (Å²) in [5.74, 6) is -0.540. The number of amides is 3. The number of hydrogen-bond acceptors (Lipinski definition) is 5. The average molecular weight is 366 g/mol. The Kier molecular flexibility index (Phi) is 9.05. The van der Waals surface area contributed by atoms with E-state index in [1.165, 1.54) is 11.1 Å². The van der Waals surface area contributed by atoms with E-state index in [2.05, 4.69) is 23.6 Å². The van der Waals surface area contributed by atoms with Gasteiger partial charge in [-0.05, 0) is 50.5 Å². The van der Waals surface area contributed by atoms with Crippen LogP contribution in [0.5, 0.6) is 0 Å². The van der Waals surface area contributed by atoms with Gasteiger partial charge in [-0.3, -0.25) is 14.9 Å². The van der Waals surface area contributed by atoms with Gasteiger partial charge < -0.3 is 10.1 Å². The van der Waals surface area contributed by atoms with Crippen molar-refractivity contribution in [1.29, 1.82) is 0 Å². The molecular formula is C18H26N2O4S.